The van der Waals surface area contributed by atoms with Gasteiger partial charge in [-0.1, -0.05) is 19.6 Å². The molecule has 0 aromatic carbocycles. The van der Waals surface area contributed by atoms with Gasteiger partial charge in [0.25, 0.3) is 0 Å². The minimum absolute atomic E-state index is 0.0725. The number of nitrogens with two attached hydrogens (primary N) is 1. The van der Waals surface area contributed by atoms with Crippen LogP contribution in [0.25, 0.3) is 0 Å². The molecule has 4 heteroatoms. The molecule has 0 heterocycles. The van der Waals surface area contributed by atoms with Crippen molar-refractivity contribution in [3.05, 3.63) is 12.7 Å². The van der Waals surface area contributed by atoms with E-state index in [4.69, 9.17) is 5.73 Å². The third-order valence-corrected chi connectivity index (χ3v) is 2.10. The van der Waals surface area contributed by atoms with Gasteiger partial charge in [0.2, 0.25) is 5.91 Å². The van der Waals surface area contributed by atoms with Gasteiger partial charge in [0.1, 0.15) is 0 Å². The second-order valence-corrected chi connectivity index (χ2v) is 3.02. The summed E-state index contributed by atoms with van der Waals surface area (Å²) in [6, 6.07) is -0.156. The highest BCUT2D eigenvalue weighted by atomic mass is 16.2. The summed E-state index contributed by atoms with van der Waals surface area (Å²) in [6.07, 6.45) is 1.04. The van der Waals surface area contributed by atoms with E-state index in [1.165, 1.54) is 6.08 Å². The molecule has 0 aliphatic heterocycles. The highest BCUT2D eigenvalue weighted by Crippen LogP contribution is 1.94. The lowest BCUT2D eigenvalue weighted by atomic mass is 10.2. The zero-order valence-corrected chi connectivity index (χ0v) is 8.58. The maximum atomic E-state index is 11.4. The largest absolute Gasteiger partial charge is 0.336 e. The van der Waals surface area contributed by atoms with Crippen molar-refractivity contribution in [2.24, 2.45) is 5.73 Å². The minimum atomic E-state index is -0.458. The first kappa shape index (κ1) is 12.1. The topological polar surface area (TPSA) is 58.4 Å². The van der Waals surface area contributed by atoms with Gasteiger partial charge in [-0.3, -0.25) is 9.69 Å². The molecule has 76 valence electrons. The molecule has 4 nitrogen and oxygen atoms in total. The molecule has 0 aromatic heterocycles. The second kappa shape index (κ2) is 5.72. The summed E-state index contributed by atoms with van der Waals surface area (Å²) in [5.74, 6) is -0.0725. The van der Waals surface area contributed by atoms with E-state index in [2.05, 4.69) is 11.9 Å². The van der Waals surface area contributed by atoms with Gasteiger partial charge in [0, 0.05) is 0 Å². The molecule has 3 N–H and O–H groups in total. The average Bonchev–Trinajstić information content (AvgIpc) is 2.14. The Balaban J connectivity index is 4.03. The van der Waals surface area contributed by atoms with E-state index in [0.717, 1.165) is 6.54 Å². The molecule has 2 atom stereocenters. The highest BCUT2D eigenvalue weighted by Gasteiger charge is 2.16. The maximum absolute atomic E-state index is 11.4. The second-order valence-electron chi connectivity index (χ2n) is 3.02. The summed E-state index contributed by atoms with van der Waals surface area (Å²) >= 11 is 0. The first-order valence-electron chi connectivity index (χ1n) is 4.41. The summed E-state index contributed by atoms with van der Waals surface area (Å²) in [4.78, 5) is 13.4. The van der Waals surface area contributed by atoms with Gasteiger partial charge in [0.15, 0.2) is 0 Å². The quantitative estimate of drug-likeness (QED) is 0.465. The molecular formula is C9H19N3O. The molecule has 0 aromatic rings. The number of likely N-dealkylation sites (N-methyl/N-ethyl adjacent to an activating group) is 1. The monoisotopic (exact) mass is 185 g/mol. The lowest BCUT2D eigenvalue weighted by molar-refractivity contribution is -0.125. The number of carbonyl (C=O) groups is 1. The Hall–Kier alpha value is -0.870. The number of nitrogens with one attached hydrogen (secondary N) is 1. The standard InChI is InChI=1S/C9H19N3O/c1-5-8(10)11-9(13)7(3)12(4)6-2/h5,7-8H,1,6,10H2,2-4H3,(H,11,13)/t7-,8?/m0/s1. The minimum Gasteiger partial charge on any atom is -0.336 e. The molecule has 0 saturated carbocycles. The first-order chi connectivity index (χ1) is 6.02. The van der Waals surface area contributed by atoms with Crippen molar-refractivity contribution in [2.45, 2.75) is 26.1 Å². The lowest BCUT2D eigenvalue weighted by Crippen LogP contribution is -2.49. The van der Waals surface area contributed by atoms with Crippen molar-refractivity contribution >= 4 is 5.91 Å². The summed E-state index contributed by atoms with van der Waals surface area (Å²) < 4.78 is 0. The summed E-state index contributed by atoms with van der Waals surface area (Å²) in [5.41, 5.74) is 5.48. The van der Waals surface area contributed by atoms with Gasteiger partial charge in [0.05, 0.1) is 12.2 Å². The zero-order valence-electron chi connectivity index (χ0n) is 8.58. The van der Waals surface area contributed by atoms with Gasteiger partial charge in [-0.2, -0.15) is 0 Å². The molecule has 0 bridgehead atoms. The van der Waals surface area contributed by atoms with E-state index in [9.17, 15) is 4.79 Å². The maximum Gasteiger partial charge on any atom is 0.238 e. The number of rotatable bonds is 5. The fraction of sp³-hybridized carbons (Fsp3) is 0.667. The van der Waals surface area contributed by atoms with Crippen LogP contribution in [-0.2, 0) is 4.79 Å². The van der Waals surface area contributed by atoms with E-state index < -0.39 is 6.17 Å². The fourth-order valence-corrected chi connectivity index (χ4v) is 0.818. The molecular weight excluding hydrogens is 166 g/mol. The van der Waals surface area contributed by atoms with Crippen LogP contribution >= 0.6 is 0 Å². The van der Waals surface area contributed by atoms with Crippen molar-refractivity contribution in [3.8, 4) is 0 Å². The van der Waals surface area contributed by atoms with Crippen LogP contribution in [0.3, 0.4) is 0 Å². The van der Waals surface area contributed by atoms with Crippen molar-refractivity contribution in [2.75, 3.05) is 13.6 Å². The molecule has 0 aliphatic rings. The highest BCUT2D eigenvalue weighted by molar-refractivity contribution is 5.81. The summed E-state index contributed by atoms with van der Waals surface area (Å²) in [6.45, 7) is 8.16. The van der Waals surface area contributed by atoms with E-state index in [-0.39, 0.29) is 11.9 Å². The van der Waals surface area contributed by atoms with Crippen molar-refractivity contribution < 1.29 is 4.79 Å². The third-order valence-electron chi connectivity index (χ3n) is 2.10. The first-order valence-corrected chi connectivity index (χ1v) is 4.41. The van der Waals surface area contributed by atoms with Crippen LogP contribution in [-0.4, -0.2) is 36.6 Å². The van der Waals surface area contributed by atoms with Crippen LogP contribution in [0.5, 0.6) is 0 Å². The van der Waals surface area contributed by atoms with E-state index in [0.29, 0.717) is 0 Å². The van der Waals surface area contributed by atoms with Crippen LogP contribution in [0, 0.1) is 0 Å². The van der Waals surface area contributed by atoms with E-state index in [1.807, 2.05) is 25.8 Å². The van der Waals surface area contributed by atoms with Crippen LogP contribution in [0.2, 0.25) is 0 Å². The Morgan fingerprint density at radius 1 is 1.77 bits per heavy atom. The van der Waals surface area contributed by atoms with Gasteiger partial charge >= 0.3 is 0 Å². The van der Waals surface area contributed by atoms with Gasteiger partial charge in [-0.15, -0.1) is 0 Å². The van der Waals surface area contributed by atoms with E-state index in [1.54, 1.807) is 0 Å². The van der Waals surface area contributed by atoms with Crippen LogP contribution in [0.15, 0.2) is 12.7 Å². The van der Waals surface area contributed by atoms with Crippen molar-refractivity contribution in [1.82, 2.24) is 10.2 Å². The van der Waals surface area contributed by atoms with Gasteiger partial charge < -0.3 is 11.1 Å². The molecule has 0 fully saturated rings. The molecule has 1 unspecified atom stereocenters. The Labute approximate surface area is 79.8 Å². The van der Waals surface area contributed by atoms with Crippen LogP contribution < -0.4 is 11.1 Å². The Morgan fingerprint density at radius 3 is 2.69 bits per heavy atom. The lowest BCUT2D eigenvalue weighted by Gasteiger charge is -2.23. The predicted octanol–water partition coefficient (Wildman–Crippen LogP) is -0.0864. The van der Waals surface area contributed by atoms with Gasteiger partial charge in [-0.25, -0.2) is 0 Å². The number of amides is 1. The normalized spacial score (nSPS) is 15.2. The van der Waals surface area contributed by atoms with Crippen LogP contribution in [0.4, 0.5) is 0 Å². The Bertz CT molecular complexity index is 182. The van der Waals surface area contributed by atoms with Crippen molar-refractivity contribution in [1.29, 1.82) is 0 Å². The smallest absolute Gasteiger partial charge is 0.238 e. The summed E-state index contributed by atoms with van der Waals surface area (Å²) in [5, 5.41) is 2.62. The average molecular weight is 185 g/mol. The molecule has 13 heavy (non-hydrogen) atoms. The molecule has 0 saturated heterocycles. The molecule has 1 amide bonds. The fourth-order valence-electron chi connectivity index (χ4n) is 0.818. The molecule has 0 rings (SSSR count). The van der Waals surface area contributed by atoms with Crippen molar-refractivity contribution in [3.63, 3.8) is 0 Å². The van der Waals surface area contributed by atoms with E-state index >= 15 is 0 Å². The number of hydrogen-bond acceptors (Lipinski definition) is 3. The molecule has 0 spiro atoms. The summed E-state index contributed by atoms with van der Waals surface area (Å²) in [7, 11) is 1.89. The Kier molecular flexibility index (Phi) is 5.34. The molecule has 0 radical (unpaired) electrons. The Morgan fingerprint density at radius 2 is 2.31 bits per heavy atom. The zero-order chi connectivity index (χ0) is 10.4. The number of nitrogens with zero attached hydrogens (tertiary/aromatic N) is 1. The number of hydrogen-bond donors (Lipinski definition) is 2. The molecule has 0 aliphatic carbocycles. The SMILES string of the molecule is C=CC(N)NC(=O)[C@H](C)N(C)CC. The third kappa shape index (κ3) is 4.05. The predicted molar refractivity (Wildman–Crippen MR) is 54.1 cm³/mol. The number of carbonyl (C=O) groups excluding carboxylic acids is 1. The van der Waals surface area contributed by atoms with Crippen LogP contribution in [0.1, 0.15) is 13.8 Å². The van der Waals surface area contributed by atoms with Gasteiger partial charge in [-0.05, 0) is 20.5 Å².